The van der Waals surface area contributed by atoms with Gasteiger partial charge < -0.3 is 15.5 Å². The molecule has 2 unspecified atom stereocenters. The van der Waals surface area contributed by atoms with Crippen molar-refractivity contribution in [3.63, 3.8) is 0 Å². The number of amides is 1. The monoisotopic (exact) mass is 289 g/mol. The van der Waals surface area contributed by atoms with E-state index in [1.807, 2.05) is 23.1 Å². The lowest BCUT2D eigenvalue weighted by Gasteiger charge is -2.41. The fourth-order valence-electron chi connectivity index (χ4n) is 2.73. The average Bonchev–Trinajstić information content (AvgIpc) is 2.47. The molecule has 1 heterocycles. The topological polar surface area (TPSA) is 49.6 Å². The predicted molar refractivity (Wildman–Crippen MR) is 85.8 cm³/mol. The summed E-state index contributed by atoms with van der Waals surface area (Å²) in [6.07, 6.45) is 0.435. The van der Waals surface area contributed by atoms with Crippen molar-refractivity contribution in [3.05, 3.63) is 35.9 Å². The van der Waals surface area contributed by atoms with Crippen molar-refractivity contribution < 1.29 is 4.79 Å². The zero-order chi connectivity index (χ0) is 15.4. The van der Waals surface area contributed by atoms with Crippen molar-refractivity contribution in [1.29, 1.82) is 0 Å². The smallest absolute Gasteiger partial charge is 0.224 e. The van der Waals surface area contributed by atoms with E-state index in [-0.39, 0.29) is 18.0 Å². The third-order valence-corrected chi connectivity index (χ3v) is 4.35. The second-order valence-electron chi connectivity index (χ2n) is 6.39. The van der Waals surface area contributed by atoms with E-state index in [9.17, 15) is 4.79 Å². The van der Waals surface area contributed by atoms with Gasteiger partial charge in [0.05, 0.1) is 6.04 Å². The van der Waals surface area contributed by atoms with Gasteiger partial charge in [0, 0.05) is 32.1 Å². The summed E-state index contributed by atoms with van der Waals surface area (Å²) in [5, 5.41) is 0. The first-order chi connectivity index (χ1) is 9.99. The molecule has 0 bridgehead atoms. The fraction of sp³-hybridized carbons (Fsp3) is 0.588. The van der Waals surface area contributed by atoms with Crippen molar-refractivity contribution in [2.24, 2.45) is 11.7 Å². The van der Waals surface area contributed by atoms with Gasteiger partial charge in [0.15, 0.2) is 0 Å². The number of piperazine rings is 1. The van der Waals surface area contributed by atoms with E-state index >= 15 is 0 Å². The van der Waals surface area contributed by atoms with Crippen LogP contribution in [0.2, 0.25) is 0 Å². The first kappa shape index (κ1) is 16.0. The molecule has 1 fully saturated rings. The lowest BCUT2D eigenvalue weighted by atomic mass is 9.98. The zero-order valence-corrected chi connectivity index (χ0v) is 13.3. The normalized spacial score (nSPS) is 21.6. The Hall–Kier alpha value is -1.39. The molecule has 1 aromatic rings. The number of carbonyl (C=O) groups is 1. The molecule has 1 saturated heterocycles. The molecule has 4 heteroatoms. The number of nitrogens with zero attached hydrogens (tertiary/aromatic N) is 2. The Morgan fingerprint density at radius 1 is 1.29 bits per heavy atom. The zero-order valence-electron chi connectivity index (χ0n) is 13.3. The third-order valence-electron chi connectivity index (χ3n) is 4.35. The predicted octanol–water partition coefficient (Wildman–Crippen LogP) is 1.88. The van der Waals surface area contributed by atoms with Crippen molar-refractivity contribution in [3.8, 4) is 0 Å². The number of rotatable bonds is 4. The van der Waals surface area contributed by atoms with Gasteiger partial charge in [0.1, 0.15) is 0 Å². The number of hydrogen-bond donors (Lipinski definition) is 1. The van der Waals surface area contributed by atoms with Crippen LogP contribution in [0.3, 0.4) is 0 Å². The van der Waals surface area contributed by atoms with Crippen molar-refractivity contribution in [2.75, 3.05) is 26.7 Å². The summed E-state index contributed by atoms with van der Waals surface area (Å²) < 4.78 is 0. The number of benzene rings is 1. The van der Waals surface area contributed by atoms with Crippen LogP contribution < -0.4 is 5.73 Å². The SMILES string of the molecule is CC(C)C(N)CC(=O)N1CCN(C)CC1c1ccccc1. The molecule has 0 saturated carbocycles. The molecule has 0 aliphatic carbocycles. The highest BCUT2D eigenvalue weighted by molar-refractivity contribution is 5.77. The van der Waals surface area contributed by atoms with Crippen LogP contribution in [-0.2, 0) is 4.79 Å². The number of likely N-dealkylation sites (N-methyl/N-ethyl adjacent to an activating group) is 1. The maximum absolute atomic E-state index is 12.6. The highest BCUT2D eigenvalue weighted by Crippen LogP contribution is 2.26. The Morgan fingerprint density at radius 3 is 2.57 bits per heavy atom. The summed E-state index contributed by atoms with van der Waals surface area (Å²) in [7, 11) is 2.11. The summed E-state index contributed by atoms with van der Waals surface area (Å²) in [5.41, 5.74) is 7.28. The third kappa shape index (κ3) is 4.05. The highest BCUT2D eigenvalue weighted by Gasteiger charge is 2.30. The molecule has 1 aliphatic rings. The van der Waals surface area contributed by atoms with Crippen LogP contribution in [0.25, 0.3) is 0 Å². The van der Waals surface area contributed by atoms with E-state index in [1.165, 1.54) is 5.56 Å². The summed E-state index contributed by atoms with van der Waals surface area (Å²) in [6, 6.07) is 10.4. The molecule has 0 aromatic heterocycles. The van der Waals surface area contributed by atoms with Gasteiger partial charge >= 0.3 is 0 Å². The van der Waals surface area contributed by atoms with E-state index in [0.717, 1.165) is 19.6 Å². The highest BCUT2D eigenvalue weighted by atomic mass is 16.2. The number of carbonyl (C=O) groups excluding carboxylic acids is 1. The molecular formula is C17H27N3O. The van der Waals surface area contributed by atoms with Gasteiger partial charge in [-0.2, -0.15) is 0 Å². The number of hydrogen-bond acceptors (Lipinski definition) is 3. The quantitative estimate of drug-likeness (QED) is 0.920. The Kier molecular flexibility index (Phi) is 5.37. The lowest BCUT2D eigenvalue weighted by molar-refractivity contribution is -0.136. The Labute approximate surface area is 127 Å². The van der Waals surface area contributed by atoms with E-state index < -0.39 is 0 Å². The van der Waals surface area contributed by atoms with Gasteiger partial charge in [-0.05, 0) is 18.5 Å². The Morgan fingerprint density at radius 2 is 1.95 bits per heavy atom. The van der Waals surface area contributed by atoms with Crippen LogP contribution in [0.1, 0.15) is 31.9 Å². The molecule has 0 spiro atoms. The largest absolute Gasteiger partial charge is 0.333 e. The minimum Gasteiger partial charge on any atom is -0.333 e. The first-order valence-electron chi connectivity index (χ1n) is 7.77. The van der Waals surface area contributed by atoms with Gasteiger partial charge in [0.25, 0.3) is 0 Å². The Bertz CT molecular complexity index is 460. The molecule has 2 atom stereocenters. The molecule has 1 aromatic carbocycles. The second-order valence-corrected chi connectivity index (χ2v) is 6.39. The molecule has 1 amide bonds. The standard InChI is InChI=1S/C17H27N3O/c1-13(2)15(18)11-17(21)20-10-9-19(3)12-16(20)14-7-5-4-6-8-14/h4-8,13,15-16H,9-12,18H2,1-3H3. The Balaban J connectivity index is 2.13. The summed E-state index contributed by atoms with van der Waals surface area (Å²) in [4.78, 5) is 16.9. The second kappa shape index (κ2) is 7.05. The van der Waals surface area contributed by atoms with Crippen LogP contribution in [0.5, 0.6) is 0 Å². The fourth-order valence-corrected chi connectivity index (χ4v) is 2.73. The van der Waals surface area contributed by atoms with E-state index in [2.05, 4.69) is 37.9 Å². The van der Waals surface area contributed by atoms with E-state index in [0.29, 0.717) is 12.3 Å². The first-order valence-corrected chi connectivity index (χ1v) is 7.77. The van der Waals surface area contributed by atoms with Gasteiger partial charge in [-0.25, -0.2) is 0 Å². The maximum Gasteiger partial charge on any atom is 0.224 e. The molecule has 116 valence electrons. The summed E-state index contributed by atoms with van der Waals surface area (Å²) in [6.45, 7) is 6.71. The van der Waals surface area contributed by atoms with Gasteiger partial charge in [-0.15, -0.1) is 0 Å². The molecular weight excluding hydrogens is 262 g/mol. The van der Waals surface area contributed by atoms with Gasteiger partial charge in [-0.1, -0.05) is 44.2 Å². The maximum atomic E-state index is 12.6. The van der Waals surface area contributed by atoms with Crippen LogP contribution in [0.15, 0.2) is 30.3 Å². The lowest BCUT2D eigenvalue weighted by Crippen LogP contribution is -2.50. The molecule has 2 N–H and O–H groups in total. The molecule has 4 nitrogen and oxygen atoms in total. The van der Waals surface area contributed by atoms with Crippen molar-refractivity contribution >= 4 is 5.91 Å². The molecule has 1 aliphatic heterocycles. The minimum atomic E-state index is -0.0615. The van der Waals surface area contributed by atoms with Gasteiger partial charge in [0.2, 0.25) is 5.91 Å². The minimum absolute atomic E-state index is 0.0615. The van der Waals surface area contributed by atoms with Gasteiger partial charge in [-0.3, -0.25) is 4.79 Å². The molecule has 0 radical (unpaired) electrons. The van der Waals surface area contributed by atoms with Crippen LogP contribution in [0.4, 0.5) is 0 Å². The average molecular weight is 289 g/mol. The van der Waals surface area contributed by atoms with Crippen molar-refractivity contribution in [2.45, 2.75) is 32.4 Å². The summed E-state index contributed by atoms with van der Waals surface area (Å²) >= 11 is 0. The molecule has 21 heavy (non-hydrogen) atoms. The number of nitrogens with two attached hydrogens (primary N) is 1. The summed E-state index contributed by atoms with van der Waals surface area (Å²) in [5.74, 6) is 0.509. The molecule has 2 rings (SSSR count). The van der Waals surface area contributed by atoms with E-state index in [1.54, 1.807) is 0 Å². The van der Waals surface area contributed by atoms with E-state index in [4.69, 9.17) is 5.73 Å². The van der Waals surface area contributed by atoms with Crippen LogP contribution in [0, 0.1) is 5.92 Å². The van der Waals surface area contributed by atoms with Crippen LogP contribution >= 0.6 is 0 Å². The van der Waals surface area contributed by atoms with Crippen molar-refractivity contribution in [1.82, 2.24) is 9.80 Å². The van der Waals surface area contributed by atoms with Crippen LogP contribution in [-0.4, -0.2) is 48.4 Å².